The fourth-order valence-electron chi connectivity index (χ4n) is 3.61. The van der Waals surface area contributed by atoms with Gasteiger partial charge in [-0.1, -0.05) is 106 Å². The molecule has 0 aliphatic rings. The Morgan fingerprint density at radius 2 is 1.39 bits per heavy atom. The lowest BCUT2D eigenvalue weighted by atomic mass is 9.97. The second-order valence-corrected chi connectivity index (χ2v) is 7.60. The molecule has 2 aromatic carbocycles. The van der Waals surface area contributed by atoms with E-state index in [1.807, 2.05) is 42.5 Å². The number of hydrogen-bond donors (Lipinski definition) is 2. The summed E-state index contributed by atoms with van der Waals surface area (Å²) < 4.78 is 0. The summed E-state index contributed by atoms with van der Waals surface area (Å²) in [6.45, 7) is 2.26. The lowest BCUT2D eigenvalue weighted by Gasteiger charge is -2.10. The van der Waals surface area contributed by atoms with E-state index in [0.717, 1.165) is 18.4 Å². The Morgan fingerprint density at radius 1 is 0.786 bits per heavy atom. The molecular weight excluding hydrogens is 346 g/mol. The zero-order valence-corrected chi connectivity index (χ0v) is 17.2. The first-order valence-electron chi connectivity index (χ1n) is 10.9. The van der Waals surface area contributed by atoms with Gasteiger partial charge < -0.3 is 10.3 Å². The summed E-state index contributed by atoms with van der Waals surface area (Å²) in [5, 5.41) is 23.2. The van der Waals surface area contributed by atoms with Crippen molar-refractivity contribution in [2.45, 2.75) is 77.6 Å². The summed E-state index contributed by atoms with van der Waals surface area (Å²) in [7, 11) is 0. The van der Waals surface area contributed by atoms with Gasteiger partial charge in [-0.25, -0.2) is 0 Å². The number of hydrogen-bond acceptors (Lipinski definition) is 3. The topological polar surface area (TPSA) is 52.8 Å². The van der Waals surface area contributed by atoms with Crippen molar-refractivity contribution in [1.82, 2.24) is 0 Å². The normalized spacial score (nSPS) is 11.7. The second kappa shape index (κ2) is 13.0. The Labute approximate surface area is 170 Å². The van der Waals surface area contributed by atoms with Gasteiger partial charge in [0, 0.05) is 11.1 Å². The van der Waals surface area contributed by atoms with Gasteiger partial charge in [0.25, 0.3) is 0 Å². The van der Waals surface area contributed by atoms with Gasteiger partial charge in [-0.2, -0.15) is 0 Å². The lowest BCUT2D eigenvalue weighted by molar-refractivity contribution is 0.319. The fraction of sp³-hybridized carbons (Fsp3) is 0.480. The highest BCUT2D eigenvalue weighted by Gasteiger charge is 2.13. The Morgan fingerprint density at radius 3 is 2.00 bits per heavy atom. The van der Waals surface area contributed by atoms with Crippen LogP contribution in [0.4, 0.5) is 0 Å². The van der Waals surface area contributed by atoms with Gasteiger partial charge >= 0.3 is 0 Å². The molecule has 28 heavy (non-hydrogen) atoms. The number of aryl methyl sites for hydroxylation is 1. The first kappa shape index (κ1) is 22.0. The van der Waals surface area contributed by atoms with Gasteiger partial charge in [0.05, 0.1) is 0 Å². The number of rotatable bonds is 13. The van der Waals surface area contributed by atoms with Crippen molar-refractivity contribution < 1.29 is 10.3 Å². The van der Waals surface area contributed by atoms with E-state index in [4.69, 9.17) is 0 Å². The van der Waals surface area contributed by atoms with Gasteiger partial charge in [-0.3, -0.25) is 0 Å². The summed E-state index contributed by atoms with van der Waals surface area (Å²) in [6.07, 6.45) is 14.2. The van der Waals surface area contributed by atoms with Crippen LogP contribution < -0.4 is 0 Å². The lowest BCUT2D eigenvalue weighted by Crippen LogP contribution is -2.04. The minimum Gasteiger partial charge on any atom is -0.507 e. The number of aromatic hydroxyl groups is 1. The van der Waals surface area contributed by atoms with Crippen molar-refractivity contribution in [3.8, 4) is 5.75 Å². The monoisotopic (exact) mass is 381 g/mol. The molecule has 0 spiro atoms. The maximum atomic E-state index is 10.3. The second-order valence-electron chi connectivity index (χ2n) is 7.60. The third-order valence-corrected chi connectivity index (χ3v) is 5.28. The number of phenols is 1. The maximum absolute atomic E-state index is 10.3. The van der Waals surface area contributed by atoms with Crippen LogP contribution >= 0.6 is 0 Å². The molecule has 0 aromatic heterocycles. The molecule has 152 valence electrons. The van der Waals surface area contributed by atoms with Gasteiger partial charge in [-0.05, 0) is 30.5 Å². The van der Waals surface area contributed by atoms with Crippen molar-refractivity contribution in [2.75, 3.05) is 0 Å². The van der Waals surface area contributed by atoms with Crippen molar-refractivity contribution >= 4 is 5.71 Å². The standard InChI is InChI=1S/C25H35NO2/c1-2-3-4-5-6-7-8-9-10-12-15-21-18-19-24(27)23(20-21)25(26-28)22-16-13-11-14-17-22/h11,13-14,16-20,27-28H,2-10,12,15H2,1H3/b26-25+. The maximum Gasteiger partial charge on any atom is 0.125 e. The summed E-state index contributed by atoms with van der Waals surface area (Å²) >= 11 is 0. The zero-order chi connectivity index (χ0) is 20.0. The highest BCUT2D eigenvalue weighted by Crippen LogP contribution is 2.24. The van der Waals surface area contributed by atoms with Crippen molar-refractivity contribution in [1.29, 1.82) is 0 Å². The molecule has 0 saturated heterocycles. The van der Waals surface area contributed by atoms with Crippen LogP contribution in [0.1, 0.15) is 87.8 Å². The minimum absolute atomic E-state index is 0.142. The van der Waals surface area contributed by atoms with E-state index in [0.29, 0.717) is 11.3 Å². The molecule has 0 saturated carbocycles. The highest BCUT2D eigenvalue weighted by molar-refractivity contribution is 6.14. The van der Waals surface area contributed by atoms with Crippen LogP contribution in [0.2, 0.25) is 0 Å². The molecule has 2 N–H and O–H groups in total. The predicted molar refractivity (Wildman–Crippen MR) is 118 cm³/mol. The van der Waals surface area contributed by atoms with Crippen LogP contribution in [-0.2, 0) is 6.42 Å². The molecule has 0 unspecified atom stereocenters. The minimum atomic E-state index is 0.142. The number of phenolic OH excluding ortho intramolecular Hbond substituents is 1. The van der Waals surface area contributed by atoms with Gasteiger partial charge in [0.15, 0.2) is 0 Å². The molecule has 0 amide bonds. The summed E-state index contributed by atoms with van der Waals surface area (Å²) in [6, 6.07) is 15.1. The summed E-state index contributed by atoms with van der Waals surface area (Å²) in [4.78, 5) is 0. The molecule has 0 aliphatic carbocycles. The van der Waals surface area contributed by atoms with Crippen LogP contribution in [0, 0.1) is 0 Å². The van der Waals surface area contributed by atoms with Crippen LogP contribution in [0.5, 0.6) is 5.75 Å². The average molecular weight is 382 g/mol. The molecule has 0 aliphatic heterocycles. The zero-order valence-electron chi connectivity index (χ0n) is 17.2. The van der Waals surface area contributed by atoms with Crippen LogP contribution in [0.15, 0.2) is 53.7 Å². The molecule has 2 rings (SSSR count). The predicted octanol–water partition coefficient (Wildman–Crippen LogP) is 7.08. The largest absolute Gasteiger partial charge is 0.507 e. The molecule has 2 aromatic rings. The summed E-state index contributed by atoms with van der Waals surface area (Å²) in [5.41, 5.74) is 2.95. The van der Waals surface area contributed by atoms with E-state index in [2.05, 4.69) is 12.1 Å². The van der Waals surface area contributed by atoms with E-state index in [-0.39, 0.29) is 5.75 Å². The molecule has 3 nitrogen and oxygen atoms in total. The number of benzene rings is 2. The van der Waals surface area contributed by atoms with Crippen molar-refractivity contribution in [3.63, 3.8) is 0 Å². The highest BCUT2D eigenvalue weighted by atomic mass is 16.4. The van der Waals surface area contributed by atoms with Gasteiger partial charge in [-0.15, -0.1) is 0 Å². The first-order chi connectivity index (χ1) is 13.8. The number of oxime groups is 1. The molecule has 0 atom stereocenters. The Hall–Kier alpha value is -2.29. The molecule has 0 heterocycles. The van der Waals surface area contributed by atoms with Crippen molar-refractivity contribution in [2.24, 2.45) is 5.16 Å². The van der Waals surface area contributed by atoms with Gasteiger partial charge in [0.1, 0.15) is 11.5 Å². The third-order valence-electron chi connectivity index (χ3n) is 5.28. The number of unbranched alkanes of at least 4 members (excludes halogenated alkanes) is 9. The first-order valence-corrected chi connectivity index (χ1v) is 10.9. The number of nitrogens with zero attached hydrogens (tertiary/aromatic N) is 1. The molecule has 0 bridgehead atoms. The molecule has 3 heteroatoms. The molecular formula is C25H35NO2. The Bertz CT molecular complexity index is 710. The smallest absolute Gasteiger partial charge is 0.125 e. The van der Waals surface area contributed by atoms with Crippen LogP contribution in [0.25, 0.3) is 0 Å². The Balaban J connectivity index is 1.79. The van der Waals surface area contributed by atoms with Crippen molar-refractivity contribution in [3.05, 3.63) is 65.2 Å². The fourth-order valence-corrected chi connectivity index (χ4v) is 3.61. The quantitative estimate of drug-likeness (QED) is 0.168. The van der Waals surface area contributed by atoms with Gasteiger partial charge in [0.2, 0.25) is 0 Å². The third kappa shape index (κ3) is 7.38. The van der Waals surface area contributed by atoms with E-state index in [1.54, 1.807) is 6.07 Å². The molecule has 0 fully saturated rings. The van der Waals surface area contributed by atoms with E-state index in [1.165, 1.54) is 63.4 Å². The summed E-state index contributed by atoms with van der Waals surface area (Å²) in [5.74, 6) is 0.142. The van der Waals surface area contributed by atoms with E-state index < -0.39 is 0 Å². The Kier molecular flexibility index (Phi) is 10.2. The van der Waals surface area contributed by atoms with Crippen LogP contribution in [-0.4, -0.2) is 16.0 Å². The molecule has 0 radical (unpaired) electrons. The average Bonchev–Trinajstić information content (AvgIpc) is 2.73. The van der Waals surface area contributed by atoms with E-state index in [9.17, 15) is 10.3 Å². The van der Waals surface area contributed by atoms with E-state index >= 15 is 0 Å². The van der Waals surface area contributed by atoms with Crippen LogP contribution in [0.3, 0.4) is 0 Å². The SMILES string of the molecule is CCCCCCCCCCCCc1ccc(O)c(/C(=N/O)c2ccccc2)c1.